The second-order valence-corrected chi connectivity index (χ2v) is 8.08. The molecule has 2 aromatic carbocycles. The predicted molar refractivity (Wildman–Crippen MR) is 94.7 cm³/mol. The van der Waals surface area contributed by atoms with Crippen LogP contribution in [0.3, 0.4) is 0 Å². The minimum Gasteiger partial charge on any atom is -0.484 e. The van der Waals surface area contributed by atoms with Gasteiger partial charge in [0.15, 0.2) is 0 Å². The molecule has 1 N–H and O–H groups in total. The van der Waals surface area contributed by atoms with E-state index in [-0.39, 0.29) is 6.10 Å². The number of piperidine rings is 1. The lowest BCUT2D eigenvalue weighted by Crippen LogP contribution is -3.10. The number of likely N-dealkylation sites (tertiary alicyclic amines) is 1. The maximum atomic E-state index is 6.52. The van der Waals surface area contributed by atoms with E-state index in [0.717, 1.165) is 10.8 Å². The highest BCUT2D eigenvalue weighted by Gasteiger charge is 2.33. The van der Waals surface area contributed by atoms with Gasteiger partial charge in [-0.3, -0.25) is 0 Å². The number of halogens is 1. The van der Waals surface area contributed by atoms with Gasteiger partial charge in [0, 0.05) is 34.2 Å². The molecule has 2 aromatic rings. The van der Waals surface area contributed by atoms with Gasteiger partial charge in [-0.2, -0.15) is 0 Å². The van der Waals surface area contributed by atoms with Crippen molar-refractivity contribution in [3.05, 3.63) is 53.1 Å². The third-order valence-electron chi connectivity index (χ3n) is 4.91. The Morgan fingerprint density at radius 3 is 2.70 bits per heavy atom. The van der Waals surface area contributed by atoms with E-state index < -0.39 is 0 Å². The molecule has 0 bridgehead atoms. The fourth-order valence-electron chi connectivity index (χ4n) is 3.57. The summed E-state index contributed by atoms with van der Waals surface area (Å²) in [5, 5.41) is 0.794. The predicted octanol–water partition coefficient (Wildman–Crippen LogP) is 3.85. The van der Waals surface area contributed by atoms with Crippen molar-refractivity contribution in [2.24, 2.45) is 5.92 Å². The van der Waals surface area contributed by atoms with Crippen LogP contribution in [0.15, 0.2) is 52.3 Å². The zero-order chi connectivity index (χ0) is 15.8. The van der Waals surface area contributed by atoms with E-state index in [1.165, 1.54) is 41.3 Å². The minimum absolute atomic E-state index is 0.105. The summed E-state index contributed by atoms with van der Waals surface area (Å²) < 4.78 is 6.52. The fourth-order valence-corrected chi connectivity index (χ4v) is 4.78. The highest BCUT2D eigenvalue weighted by molar-refractivity contribution is 7.99. The molecule has 0 radical (unpaired) electrons. The third kappa shape index (κ3) is 3.10. The first-order chi connectivity index (χ1) is 11.2. The van der Waals surface area contributed by atoms with Crippen molar-refractivity contribution < 1.29 is 9.64 Å². The van der Waals surface area contributed by atoms with Gasteiger partial charge >= 0.3 is 0 Å². The van der Waals surface area contributed by atoms with Crippen molar-refractivity contribution in [2.45, 2.75) is 28.7 Å². The second kappa shape index (κ2) is 6.39. The minimum atomic E-state index is 0.105. The van der Waals surface area contributed by atoms with Crippen LogP contribution in [0.2, 0.25) is 5.02 Å². The molecule has 0 spiro atoms. The van der Waals surface area contributed by atoms with Gasteiger partial charge in [0.2, 0.25) is 0 Å². The first-order valence-corrected chi connectivity index (χ1v) is 9.44. The van der Waals surface area contributed by atoms with Gasteiger partial charge in [-0.15, -0.1) is 0 Å². The highest BCUT2D eigenvalue weighted by atomic mass is 35.5. The molecule has 0 unspecified atom stereocenters. The fraction of sp³-hybridized carbons (Fsp3) is 0.368. The Morgan fingerprint density at radius 2 is 1.87 bits per heavy atom. The molecule has 2 heterocycles. The molecule has 2 nitrogen and oxygen atoms in total. The highest BCUT2D eigenvalue weighted by Crippen LogP contribution is 2.47. The number of hydrogen-bond donors (Lipinski definition) is 1. The zero-order valence-corrected chi connectivity index (χ0v) is 14.8. The lowest BCUT2D eigenvalue weighted by Gasteiger charge is -2.32. The van der Waals surface area contributed by atoms with Gasteiger partial charge in [-0.05, 0) is 30.3 Å². The Balaban J connectivity index is 1.76. The van der Waals surface area contributed by atoms with Gasteiger partial charge in [-0.1, -0.05) is 35.5 Å². The number of rotatable bonds is 1. The van der Waals surface area contributed by atoms with Crippen LogP contribution >= 0.6 is 23.4 Å². The molecule has 0 aromatic heterocycles. The van der Waals surface area contributed by atoms with E-state index in [9.17, 15) is 0 Å². The third-order valence-corrected chi connectivity index (χ3v) is 6.30. The summed E-state index contributed by atoms with van der Waals surface area (Å²) in [6.45, 7) is 2.43. The van der Waals surface area contributed by atoms with Crippen LogP contribution in [0.25, 0.3) is 0 Å². The summed E-state index contributed by atoms with van der Waals surface area (Å²) in [5.74, 6) is 1.56. The van der Waals surface area contributed by atoms with Crippen LogP contribution in [0.4, 0.5) is 0 Å². The van der Waals surface area contributed by atoms with Crippen molar-refractivity contribution in [2.75, 3.05) is 20.1 Å². The maximum Gasteiger partial charge on any atom is 0.134 e. The summed E-state index contributed by atoms with van der Waals surface area (Å²) in [6, 6.07) is 14.6. The molecule has 2 aliphatic heterocycles. The average Bonchev–Trinajstić information content (AvgIpc) is 2.72. The standard InChI is InChI=1S/C19H20ClNOS/c1-21-10-8-13(9-11-21)19-15-12-14(20)6-7-17(15)23-18-5-3-2-4-16(18)22-19/h2-7,12-13,19H,8-11H2,1H3/p+1/t19-/m1/s1. The summed E-state index contributed by atoms with van der Waals surface area (Å²) in [5.41, 5.74) is 1.25. The van der Waals surface area contributed by atoms with Crippen LogP contribution in [-0.4, -0.2) is 20.1 Å². The number of hydrogen-bond acceptors (Lipinski definition) is 2. The summed E-state index contributed by atoms with van der Waals surface area (Å²) in [6.07, 6.45) is 2.51. The zero-order valence-electron chi connectivity index (χ0n) is 13.2. The summed E-state index contributed by atoms with van der Waals surface area (Å²) in [4.78, 5) is 4.09. The SMILES string of the molecule is C[NH+]1CCC([C@H]2Oc3ccccc3Sc3ccc(Cl)cc32)CC1. The van der Waals surface area contributed by atoms with Gasteiger partial charge in [0.25, 0.3) is 0 Å². The van der Waals surface area contributed by atoms with Crippen molar-refractivity contribution in [1.29, 1.82) is 0 Å². The average molecular weight is 347 g/mol. The number of ether oxygens (including phenoxy) is 1. The van der Waals surface area contributed by atoms with E-state index >= 15 is 0 Å². The Morgan fingerprint density at radius 1 is 1.09 bits per heavy atom. The lowest BCUT2D eigenvalue weighted by molar-refractivity contribution is -0.886. The lowest BCUT2D eigenvalue weighted by atomic mass is 9.87. The number of para-hydroxylation sites is 1. The van der Waals surface area contributed by atoms with Crippen LogP contribution in [0.1, 0.15) is 24.5 Å². The first kappa shape index (κ1) is 15.4. The van der Waals surface area contributed by atoms with Crippen LogP contribution in [-0.2, 0) is 0 Å². The molecule has 4 heteroatoms. The monoisotopic (exact) mass is 346 g/mol. The Hall–Kier alpha value is -1.16. The number of fused-ring (bicyclic) bond motifs is 2. The number of benzene rings is 2. The molecule has 0 amide bonds. The largest absolute Gasteiger partial charge is 0.484 e. The van der Waals surface area contributed by atoms with E-state index in [0.29, 0.717) is 5.92 Å². The van der Waals surface area contributed by atoms with Crippen LogP contribution in [0.5, 0.6) is 5.75 Å². The normalized spacial score (nSPS) is 26.6. The van der Waals surface area contributed by atoms with Crippen LogP contribution in [0, 0.1) is 5.92 Å². The van der Waals surface area contributed by atoms with Gasteiger partial charge in [-0.25, -0.2) is 0 Å². The van der Waals surface area contributed by atoms with Crippen molar-refractivity contribution in [3.63, 3.8) is 0 Å². The van der Waals surface area contributed by atoms with Crippen molar-refractivity contribution in [1.82, 2.24) is 0 Å². The molecule has 120 valence electrons. The maximum absolute atomic E-state index is 6.52. The van der Waals surface area contributed by atoms with E-state index in [2.05, 4.69) is 43.4 Å². The Bertz CT molecular complexity index is 712. The first-order valence-electron chi connectivity index (χ1n) is 8.25. The Kier molecular flexibility index (Phi) is 4.27. The van der Waals surface area contributed by atoms with Gasteiger partial charge in [0.1, 0.15) is 11.9 Å². The molecule has 2 aliphatic rings. The van der Waals surface area contributed by atoms with Crippen molar-refractivity contribution >= 4 is 23.4 Å². The summed E-state index contributed by atoms with van der Waals surface area (Å²) >= 11 is 8.09. The Labute approximate surface area is 146 Å². The number of nitrogens with one attached hydrogen (secondary N) is 1. The molecule has 0 saturated carbocycles. The molecule has 4 rings (SSSR count). The second-order valence-electron chi connectivity index (χ2n) is 6.56. The molecular formula is C19H21ClNOS+. The molecule has 0 aliphatic carbocycles. The van der Waals surface area contributed by atoms with Gasteiger partial charge < -0.3 is 9.64 Å². The molecule has 1 saturated heterocycles. The summed E-state index contributed by atoms with van der Waals surface area (Å²) in [7, 11) is 2.28. The van der Waals surface area contributed by atoms with Gasteiger partial charge in [0.05, 0.1) is 25.0 Å². The molecular weight excluding hydrogens is 326 g/mol. The van der Waals surface area contributed by atoms with Crippen molar-refractivity contribution in [3.8, 4) is 5.75 Å². The molecule has 23 heavy (non-hydrogen) atoms. The van der Waals surface area contributed by atoms with E-state index in [1.807, 2.05) is 6.07 Å². The van der Waals surface area contributed by atoms with Crippen LogP contribution < -0.4 is 9.64 Å². The molecule has 1 fully saturated rings. The van der Waals surface area contributed by atoms with E-state index in [1.54, 1.807) is 16.7 Å². The topological polar surface area (TPSA) is 13.7 Å². The quantitative estimate of drug-likeness (QED) is 0.842. The number of quaternary nitrogens is 1. The smallest absolute Gasteiger partial charge is 0.134 e. The molecule has 1 atom stereocenters. The van der Waals surface area contributed by atoms with E-state index in [4.69, 9.17) is 16.3 Å².